The number of fused-ring (bicyclic) bond motifs is 3. The first-order chi connectivity index (χ1) is 14.3. The van der Waals surface area contributed by atoms with Crippen molar-refractivity contribution in [2.75, 3.05) is 32.8 Å². The van der Waals surface area contributed by atoms with Crippen LogP contribution >= 0.6 is 0 Å². The van der Waals surface area contributed by atoms with Crippen molar-refractivity contribution in [3.8, 4) is 5.75 Å². The molecule has 1 aromatic heterocycles. The van der Waals surface area contributed by atoms with Gasteiger partial charge in [0.05, 0.1) is 12.8 Å². The van der Waals surface area contributed by atoms with Crippen molar-refractivity contribution < 1.29 is 9.53 Å². The van der Waals surface area contributed by atoms with Crippen molar-refractivity contribution in [1.82, 2.24) is 19.8 Å². The van der Waals surface area contributed by atoms with Crippen molar-refractivity contribution in [2.24, 2.45) is 0 Å². The molecule has 1 atom stereocenters. The summed E-state index contributed by atoms with van der Waals surface area (Å²) < 4.78 is 5.96. The first-order valence-corrected chi connectivity index (χ1v) is 10.8. The summed E-state index contributed by atoms with van der Waals surface area (Å²) in [5, 5.41) is 0. The van der Waals surface area contributed by atoms with Gasteiger partial charge in [-0.3, -0.25) is 14.7 Å². The molecule has 29 heavy (non-hydrogen) atoms. The van der Waals surface area contributed by atoms with E-state index in [1.807, 2.05) is 11.0 Å². The summed E-state index contributed by atoms with van der Waals surface area (Å²) in [5.41, 5.74) is 1.77. The van der Waals surface area contributed by atoms with Gasteiger partial charge in [-0.05, 0) is 56.3 Å². The van der Waals surface area contributed by atoms with E-state index in [2.05, 4.69) is 33.1 Å². The van der Waals surface area contributed by atoms with Crippen LogP contribution in [0.5, 0.6) is 5.75 Å². The second-order valence-electron chi connectivity index (χ2n) is 7.96. The maximum Gasteiger partial charge on any atom is 0.274 e. The van der Waals surface area contributed by atoms with Gasteiger partial charge in [0.1, 0.15) is 11.4 Å². The molecule has 1 unspecified atom stereocenters. The third-order valence-corrected chi connectivity index (χ3v) is 5.98. The first kappa shape index (κ1) is 19.8. The van der Waals surface area contributed by atoms with E-state index in [9.17, 15) is 4.79 Å². The Morgan fingerprint density at radius 3 is 2.90 bits per heavy atom. The van der Waals surface area contributed by atoms with E-state index >= 15 is 0 Å². The number of nitrogens with zero attached hydrogens (tertiary/aromatic N) is 4. The van der Waals surface area contributed by atoms with Gasteiger partial charge in [-0.1, -0.05) is 18.6 Å². The normalized spacial score (nSPS) is 21.5. The summed E-state index contributed by atoms with van der Waals surface area (Å²) in [4.78, 5) is 25.8. The number of hydrogen-bond donors (Lipinski definition) is 0. The highest BCUT2D eigenvalue weighted by molar-refractivity contribution is 5.91. The highest BCUT2D eigenvalue weighted by Gasteiger charge is 2.24. The lowest BCUT2D eigenvalue weighted by molar-refractivity contribution is 0.0676. The summed E-state index contributed by atoms with van der Waals surface area (Å²) in [6, 6.07) is 9.06. The molecule has 2 aliphatic heterocycles. The standard InChI is InChI=1S/C23H30N4O2/c28-23(22-18-24-10-11-25-22)27-13-4-16-29-21-7-3-5-19(17-21)8-9-20-6-1-2-12-26(20)14-15-27/h3,5,7,10-11,17-18,20H,1-2,4,6,8-9,12-16H2. The van der Waals surface area contributed by atoms with Crippen LogP contribution in [-0.4, -0.2) is 64.5 Å². The van der Waals surface area contributed by atoms with Gasteiger partial charge < -0.3 is 9.64 Å². The van der Waals surface area contributed by atoms with Crippen LogP contribution in [0.3, 0.4) is 0 Å². The maximum absolute atomic E-state index is 13.0. The lowest BCUT2D eigenvalue weighted by atomic mass is 9.95. The van der Waals surface area contributed by atoms with Crippen molar-refractivity contribution >= 4 is 5.91 Å². The topological polar surface area (TPSA) is 58.6 Å². The number of aryl methyl sites for hydroxylation is 1. The average Bonchev–Trinajstić information content (AvgIpc) is 2.78. The van der Waals surface area contributed by atoms with E-state index in [0.717, 1.165) is 44.6 Å². The molecule has 2 bridgehead atoms. The van der Waals surface area contributed by atoms with Crippen LogP contribution in [0.15, 0.2) is 42.9 Å². The Morgan fingerprint density at radius 2 is 2.00 bits per heavy atom. The van der Waals surface area contributed by atoms with E-state index in [4.69, 9.17) is 4.74 Å². The third kappa shape index (κ3) is 5.32. The number of benzene rings is 1. The fraction of sp³-hybridized carbons (Fsp3) is 0.522. The van der Waals surface area contributed by atoms with Gasteiger partial charge in [0.25, 0.3) is 5.91 Å². The monoisotopic (exact) mass is 394 g/mol. The highest BCUT2D eigenvalue weighted by Crippen LogP contribution is 2.23. The summed E-state index contributed by atoms with van der Waals surface area (Å²) in [6.45, 7) is 4.02. The number of amides is 1. The fourth-order valence-electron chi connectivity index (χ4n) is 4.39. The van der Waals surface area contributed by atoms with Crippen LogP contribution < -0.4 is 4.74 Å². The minimum Gasteiger partial charge on any atom is -0.494 e. The SMILES string of the molecule is O=C(c1cnccn1)N1CCCOc2cccc(c2)CCC2CCCCN2CC1. The lowest BCUT2D eigenvalue weighted by Crippen LogP contribution is -2.45. The molecule has 0 spiro atoms. The minimum atomic E-state index is -0.0410. The van der Waals surface area contributed by atoms with E-state index in [1.165, 1.54) is 24.8 Å². The number of piperidine rings is 1. The Kier molecular flexibility index (Phi) is 6.72. The van der Waals surface area contributed by atoms with E-state index in [1.54, 1.807) is 18.6 Å². The number of hydrogen-bond acceptors (Lipinski definition) is 5. The molecule has 1 aromatic carbocycles. The van der Waals surface area contributed by atoms with Crippen molar-refractivity contribution in [1.29, 1.82) is 0 Å². The van der Waals surface area contributed by atoms with Crippen LogP contribution in [0.2, 0.25) is 0 Å². The molecule has 2 aliphatic rings. The molecule has 4 rings (SSSR count). The van der Waals surface area contributed by atoms with Gasteiger partial charge in [0, 0.05) is 38.1 Å². The smallest absolute Gasteiger partial charge is 0.274 e. The van der Waals surface area contributed by atoms with Gasteiger partial charge in [-0.15, -0.1) is 0 Å². The van der Waals surface area contributed by atoms with Crippen LogP contribution in [0, 0.1) is 0 Å². The number of ether oxygens (including phenoxy) is 1. The van der Waals surface area contributed by atoms with Crippen LogP contribution in [0.1, 0.15) is 48.2 Å². The molecule has 2 aromatic rings. The average molecular weight is 395 g/mol. The quantitative estimate of drug-likeness (QED) is 0.743. The molecule has 154 valence electrons. The van der Waals surface area contributed by atoms with Crippen molar-refractivity contribution in [3.63, 3.8) is 0 Å². The zero-order valence-electron chi connectivity index (χ0n) is 17.0. The molecule has 0 N–H and O–H groups in total. The van der Waals surface area contributed by atoms with Gasteiger partial charge >= 0.3 is 0 Å². The molecule has 0 saturated carbocycles. The Balaban J connectivity index is 1.51. The summed E-state index contributed by atoms with van der Waals surface area (Å²) >= 11 is 0. The van der Waals surface area contributed by atoms with Crippen LogP contribution in [0.25, 0.3) is 0 Å². The van der Waals surface area contributed by atoms with E-state index < -0.39 is 0 Å². The zero-order valence-corrected chi connectivity index (χ0v) is 17.0. The lowest BCUT2D eigenvalue weighted by Gasteiger charge is -2.37. The Hall–Kier alpha value is -2.47. The van der Waals surface area contributed by atoms with Crippen molar-refractivity contribution in [3.05, 3.63) is 54.1 Å². The van der Waals surface area contributed by atoms with Crippen LogP contribution in [-0.2, 0) is 6.42 Å². The molecular weight excluding hydrogens is 364 g/mol. The highest BCUT2D eigenvalue weighted by atomic mass is 16.5. The molecule has 1 fully saturated rings. The number of aromatic nitrogens is 2. The molecule has 1 saturated heterocycles. The molecule has 6 heteroatoms. The van der Waals surface area contributed by atoms with Gasteiger partial charge in [-0.25, -0.2) is 4.98 Å². The van der Waals surface area contributed by atoms with Gasteiger partial charge in [-0.2, -0.15) is 0 Å². The molecular formula is C23H30N4O2. The zero-order chi connectivity index (χ0) is 19.9. The second kappa shape index (κ2) is 9.83. The Bertz CT molecular complexity index is 798. The first-order valence-electron chi connectivity index (χ1n) is 10.8. The van der Waals surface area contributed by atoms with E-state index in [0.29, 0.717) is 24.9 Å². The summed E-state index contributed by atoms with van der Waals surface area (Å²) in [7, 11) is 0. The summed E-state index contributed by atoms with van der Waals surface area (Å²) in [6.07, 6.45) is 11.5. The molecule has 0 aliphatic carbocycles. The number of rotatable bonds is 1. The largest absolute Gasteiger partial charge is 0.494 e. The summed E-state index contributed by atoms with van der Waals surface area (Å²) in [5.74, 6) is 0.882. The third-order valence-electron chi connectivity index (χ3n) is 5.98. The molecule has 3 heterocycles. The van der Waals surface area contributed by atoms with Gasteiger partial charge in [0.2, 0.25) is 0 Å². The van der Waals surface area contributed by atoms with E-state index in [-0.39, 0.29) is 5.91 Å². The predicted octanol–water partition coefficient (Wildman–Crippen LogP) is 3.19. The molecule has 0 radical (unpaired) electrons. The minimum absolute atomic E-state index is 0.0410. The van der Waals surface area contributed by atoms with Crippen LogP contribution in [0.4, 0.5) is 0 Å². The second-order valence-corrected chi connectivity index (χ2v) is 7.96. The predicted molar refractivity (Wildman–Crippen MR) is 112 cm³/mol. The number of carbonyl (C=O) groups excluding carboxylic acids is 1. The van der Waals surface area contributed by atoms with Gasteiger partial charge in [0.15, 0.2) is 0 Å². The Labute approximate surface area is 172 Å². The Morgan fingerprint density at radius 1 is 1.03 bits per heavy atom. The molecule has 1 amide bonds. The maximum atomic E-state index is 13.0. The van der Waals surface area contributed by atoms with Crippen molar-refractivity contribution in [2.45, 2.75) is 44.6 Å². The molecule has 6 nitrogen and oxygen atoms in total. The fourth-order valence-corrected chi connectivity index (χ4v) is 4.39. The number of carbonyl (C=O) groups is 1.